The lowest BCUT2D eigenvalue weighted by Crippen LogP contribution is -2.13. The minimum Gasteiger partial charge on any atom is -0.462 e. The van der Waals surface area contributed by atoms with Crippen molar-refractivity contribution < 1.29 is 14.3 Å². The summed E-state index contributed by atoms with van der Waals surface area (Å²) in [5, 5.41) is 0.541. The fourth-order valence-corrected chi connectivity index (χ4v) is 1.43. The van der Waals surface area contributed by atoms with Gasteiger partial charge in [0, 0.05) is 11.1 Å². The molecule has 1 rings (SSSR count). The maximum Gasteiger partial charge on any atom is 0.338 e. The molecule has 18 heavy (non-hydrogen) atoms. The Bertz CT molecular complexity index is 466. The van der Waals surface area contributed by atoms with Crippen LogP contribution in [0.4, 0.5) is 0 Å². The van der Waals surface area contributed by atoms with Crippen LogP contribution in [0.5, 0.6) is 0 Å². The summed E-state index contributed by atoms with van der Waals surface area (Å²) in [4.78, 5) is 22.7. The van der Waals surface area contributed by atoms with Gasteiger partial charge in [0.05, 0.1) is 12.2 Å². The molecule has 0 aliphatic carbocycles. The Hall–Kier alpha value is -1.81. The summed E-state index contributed by atoms with van der Waals surface area (Å²) in [5.41, 5.74) is 5.75. The summed E-state index contributed by atoms with van der Waals surface area (Å²) in [6.45, 7) is 2.18. The van der Waals surface area contributed by atoms with Crippen LogP contribution in [0.25, 0.3) is 5.57 Å². The number of ether oxygens (including phenoxy) is 1. The summed E-state index contributed by atoms with van der Waals surface area (Å²) in [6, 6.07) is 6.51. The molecular formula is C13H14ClNO3. The number of rotatable bonds is 5. The molecule has 0 radical (unpaired) electrons. The number of primary amides is 1. The second-order valence-electron chi connectivity index (χ2n) is 3.60. The Morgan fingerprint density at radius 1 is 1.33 bits per heavy atom. The van der Waals surface area contributed by atoms with Crippen LogP contribution in [-0.4, -0.2) is 18.5 Å². The van der Waals surface area contributed by atoms with E-state index in [1.165, 1.54) is 0 Å². The molecule has 0 atom stereocenters. The predicted molar refractivity (Wildman–Crippen MR) is 69.9 cm³/mol. The first kappa shape index (κ1) is 14.3. The van der Waals surface area contributed by atoms with Crippen LogP contribution >= 0.6 is 11.6 Å². The van der Waals surface area contributed by atoms with Crippen molar-refractivity contribution in [2.45, 2.75) is 13.3 Å². The molecule has 0 saturated heterocycles. The van der Waals surface area contributed by atoms with E-state index in [2.05, 4.69) is 0 Å². The van der Waals surface area contributed by atoms with Crippen LogP contribution in [-0.2, 0) is 14.3 Å². The van der Waals surface area contributed by atoms with E-state index >= 15 is 0 Å². The molecule has 5 heteroatoms. The van der Waals surface area contributed by atoms with E-state index in [4.69, 9.17) is 22.1 Å². The van der Waals surface area contributed by atoms with Crippen LogP contribution in [0.3, 0.4) is 0 Å². The van der Waals surface area contributed by atoms with Gasteiger partial charge in [0.1, 0.15) is 0 Å². The van der Waals surface area contributed by atoms with Gasteiger partial charge in [0.25, 0.3) is 0 Å². The Labute approximate surface area is 110 Å². The number of benzene rings is 1. The summed E-state index contributed by atoms with van der Waals surface area (Å²) in [7, 11) is 0. The van der Waals surface area contributed by atoms with Gasteiger partial charge < -0.3 is 10.5 Å². The van der Waals surface area contributed by atoms with Crippen molar-refractivity contribution in [1.82, 2.24) is 0 Å². The third kappa shape index (κ3) is 4.22. The third-order valence-electron chi connectivity index (χ3n) is 2.10. The monoisotopic (exact) mass is 267 g/mol. The van der Waals surface area contributed by atoms with E-state index in [-0.39, 0.29) is 5.57 Å². The number of halogens is 1. The molecule has 0 bridgehead atoms. The second kappa shape index (κ2) is 6.81. The number of esters is 1. The first-order valence-corrected chi connectivity index (χ1v) is 5.86. The van der Waals surface area contributed by atoms with Gasteiger partial charge in [-0.3, -0.25) is 4.79 Å². The summed E-state index contributed by atoms with van der Waals surface area (Å²) in [5.74, 6) is -1.27. The number of carbonyl (C=O) groups excluding carboxylic acids is 2. The highest BCUT2D eigenvalue weighted by Crippen LogP contribution is 2.19. The van der Waals surface area contributed by atoms with Crippen molar-refractivity contribution in [3.8, 4) is 0 Å². The van der Waals surface area contributed by atoms with E-state index in [1.54, 1.807) is 24.3 Å². The first-order valence-electron chi connectivity index (χ1n) is 5.48. The standard InChI is InChI=1S/C13H14ClNO3/c1-2-7-18-13(17)11(8-12(15)16)9-3-5-10(14)6-4-9/h3-6,8H,2,7H2,1H3,(H2,15,16). The fourth-order valence-electron chi connectivity index (χ4n) is 1.30. The summed E-state index contributed by atoms with van der Waals surface area (Å²) < 4.78 is 4.99. The molecule has 1 aromatic carbocycles. The predicted octanol–water partition coefficient (Wildman–Crippen LogP) is 2.16. The van der Waals surface area contributed by atoms with Crippen LogP contribution in [0.15, 0.2) is 30.3 Å². The number of hydrogen-bond donors (Lipinski definition) is 1. The Kier molecular flexibility index (Phi) is 5.39. The molecule has 0 unspecified atom stereocenters. The molecule has 0 saturated carbocycles. The maximum atomic E-state index is 11.8. The van der Waals surface area contributed by atoms with E-state index in [1.807, 2.05) is 6.92 Å². The lowest BCUT2D eigenvalue weighted by atomic mass is 10.1. The van der Waals surface area contributed by atoms with Crippen LogP contribution in [0, 0.1) is 0 Å². The normalized spacial score (nSPS) is 11.1. The average molecular weight is 268 g/mol. The minimum atomic E-state index is -0.701. The van der Waals surface area contributed by atoms with Gasteiger partial charge in [-0.05, 0) is 24.1 Å². The van der Waals surface area contributed by atoms with E-state index < -0.39 is 11.9 Å². The summed E-state index contributed by atoms with van der Waals surface area (Å²) >= 11 is 5.76. The van der Waals surface area contributed by atoms with Crippen molar-refractivity contribution in [2.24, 2.45) is 5.73 Å². The highest BCUT2D eigenvalue weighted by molar-refractivity contribution is 6.30. The highest BCUT2D eigenvalue weighted by Gasteiger charge is 2.14. The van der Waals surface area contributed by atoms with Crippen molar-refractivity contribution in [3.63, 3.8) is 0 Å². The van der Waals surface area contributed by atoms with E-state index in [0.29, 0.717) is 23.6 Å². The molecule has 0 aromatic heterocycles. The van der Waals surface area contributed by atoms with Gasteiger partial charge in [-0.15, -0.1) is 0 Å². The molecule has 0 aliphatic heterocycles. The topological polar surface area (TPSA) is 69.4 Å². The lowest BCUT2D eigenvalue weighted by Gasteiger charge is -2.07. The zero-order valence-corrected chi connectivity index (χ0v) is 10.7. The molecule has 2 N–H and O–H groups in total. The quantitative estimate of drug-likeness (QED) is 0.656. The molecule has 0 spiro atoms. The van der Waals surface area contributed by atoms with Gasteiger partial charge in [0.2, 0.25) is 5.91 Å². The molecule has 0 fully saturated rings. The van der Waals surface area contributed by atoms with Crippen molar-refractivity contribution in [3.05, 3.63) is 40.9 Å². The molecule has 0 heterocycles. The zero-order valence-electron chi connectivity index (χ0n) is 9.98. The molecule has 4 nitrogen and oxygen atoms in total. The second-order valence-corrected chi connectivity index (χ2v) is 4.04. The highest BCUT2D eigenvalue weighted by atomic mass is 35.5. The minimum absolute atomic E-state index is 0.132. The fraction of sp³-hybridized carbons (Fsp3) is 0.231. The van der Waals surface area contributed by atoms with Gasteiger partial charge in [-0.25, -0.2) is 4.79 Å². The SMILES string of the molecule is CCCOC(=O)C(=CC(N)=O)c1ccc(Cl)cc1. The van der Waals surface area contributed by atoms with Gasteiger partial charge in [-0.2, -0.15) is 0 Å². The summed E-state index contributed by atoms with van der Waals surface area (Å²) in [6.07, 6.45) is 1.76. The smallest absolute Gasteiger partial charge is 0.338 e. The van der Waals surface area contributed by atoms with Gasteiger partial charge in [-0.1, -0.05) is 30.7 Å². The number of carbonyl (C=O) groups is 2. The molecule has 96 valence electrons. The number of hydrogen-bond acceptors (Lipinski definition) is 3. The van der Waals surface area contributed by atoms with Crippen molar-refractivity contribution in [2.75, 3.05) is 6.61 Å². The van der Waals surface area contributed by atoms with Gasteiger partial charge >= 0.3 is 5.97 Å². The maximum absolute atomic E-state index is 11.8. The first-order chi connectivity index (χ1) is 8.54. The Morgan fingerprint density at radius 2 is 1.94 bits per heavy atom. The van der Waals surface area contributed by atoms with Gasteiger partial charge in [0.15, 0.2) is 0 Å². The lowest BCUT2D eigenvalue weighted by molar-refractivity contribution is -0.136. The van der Waals surface area contributed by atoms with E-state index in [9.17, 15) is 9.59 Å². The Balaban J connectivity index is 3.02. The molecule has 1 aromatic rings. The number of amides is 1. The third-order valence-corrected chi connectivity index (χ3v) is 2.35. The van der Waals surface area contributed by atoms with Crippen molar-refractivity contribution in [1.29, 1.82) is 0 Å². The molecule has 1 amide bonds. The van der Waals surface area contributed by atoms with Crippen molar-refractivity contribution >= 4 is 29.1 Å². The largest absolute Gasteiger partial charge is 0.462 e. The zero-order chi connectivity index (χ0) is 13.5. The molecular weight excluding hydrogens is 254 g/mol. The number of nitrogens with two attached hydrogens (primary N) is 1. The Morgan fingerprint density at radius 3 is 2.44 bits per heavy atom. The van der Waals surface area contributed by atoms with Crippen LogP contribution in [0.2, 0.25) is 5.02 Å². The van der Waals surface area contributed by atoms with E-state index in [0.717, 1.165) is 6.08 Å². The average Bonchev–Trinajstić information content (AvgIpc) is 2.34. The molecule has 0 aliphatic rings. The van der Waals surface area contributed by atoms with Crippen LogP contribution < -0.4 is 5.73 Å². The van der Waals surface area contributed by atoms with Crippen LogP contribution in [0.1, 0.15) is 18.9 Å².